The predicted molar refractivity (Wildman–Crippen MR) is 85.8 cm³/mol. The summed E-state index contributed by atoms with van der Waals surface area (Å²) in [4.78, 5) is 1.26. The number of piperidine rings is 1. The number of thioether (sulfide) groups is 1. The SMILES string of the molecule is CSc1ccc(N)c(NCC[N+]2(C)CCCCC2)c1. The third-order valence-electron chi connectivity index (χ3n) is 4.12. The molecule has 0 spiro atoms. The van der Waals surface area contributed by atoms with Crippen LogP contribution >= 0.6 is 11.8 Å². The van der Waals surface area contributed by atoms with Crippen molar-refractivity contribution < 1.29 is 4.48 Å². The van der Waals surface area contributed by atoms with Gasteiger partial charge in [-0.1, -0.05) is 0 Å². The summed E-state index contributed by atoms with van der Waals surface area (Å²) in [5, 5.41) is 3.51. The fraction of sp³-hybridized carbons (Fsp3) is 0.600. The van der Waals surface area contributed by atoms with Crippen molar-refractivity contribution in [2.45, 2.75) is 24.2 Å². The van der Waals surface area contributed by atoms with Crippen LogP contribution in [0, 0.1) is 0 Å². The molecule has 0 radical (unpaired) electrons. The Morgan fingerprint density at radius 2 is 2.00 bits per heavy atom. The van der Waals surface area contributed by atoms with E-state index in [9.17, 15) is 0 Å². The molecule has 0 amide bonds. The molecular formula is C15H26N3S+. The molecule has 1 heterocycles. The van der Waals surface area contributed by atoms with Crippen molar-refractivity contribution >= 4 is 23.1 Å². The van der Waals surface area contributed by atoms with Gasteiger partial charge in [0.2, 0.25) is 0 Å². The van der Waals surface area contributed by atoms with Crippen LogP contribution < -0.4 is 11.1 Å². The normalized spacial score (nSPS) is 18.2. The van der Waals surface area contributed by atoms with Gasteiger partial charge in [-0.05, 0) is 43.7 Å². The molecule has 1 aromatic carbocycles. The average molecular weight is 280 g/mol. The number of quaternary nitrogens is 1. The number of benzene rings is 1. The summed E-state index contributed by atoms with van der Waals surface area (Å²) in [5.74, 6) is 0. The van der Waals surface area contributed by atoms with Gasteiger partial charge in [0.1, 0.15) is 0 Å². The van der Waals surface area contributed by atoms with Crippen LogP contribution in [0.15, 0.2) is 23.1 Å². The van der Waals surface area contributed by atoms with E-state index in [-0.39, 0.29) is 0 Å². The molecule has 1 fully saturated rings. The monoisotopic (exact) mass is 280 g/mol. The van der Waals surface area contributed by atoms with E-state index in [0.717, 1.165) is 17.9 Å². The van der Waals surface area contributed by atoms with Gasteiger partial charge in [0.15, 0.2) is 0 Å². The summed E-state index contributed by atoms with van der Waals surface area (Å²) in [6.07, 6.45) is 6.25. The number of anilines is 2. The van der Waals surface area contributed by atoms with E-state index >= 15 is 0 Å². The molecule has 1 aromatic rings. The summed E-state index contributed by atoms with van der Waals surface area (Å²) in [6, 6.07) is 6.21. The van der Waals surface area contributed by atoms with Crippen molar-refractivity contribution in [3.05, 3.63) is 18.2 Å². The number of likely N-dealkylation sites (tertiary alicyclic amines) is 1. The zero-order valence-corrected chi connectivity index (χ0v) is 12.9. The number of nitrogen functional groups attached to an aromatic ring is 1. The van der Waals surface area contributed by atoms with E-state index in [2.05, 4.69) is 30.8 Å². The minimum atomic E-state index is 0.846. The molecule has 0 atom stereocenters. The Morgan fingerprint density at radius 3 is 2.68 bits per heavy atom. The van der Waals surface area contributed by atoms with Gasteiger partial charge in [-0.15, -0.1) is 11.8 Å². The Morgan fingerprint density at radius 1 is 1.26 bits per heavy atom. The summed E-state index contributed by atoms with van der Waals surface area (Å²) in [5.41, 5.74) is 7.94. The van der Waals surface area contributed by atoms with Crippen LogP contribution in [0.25, 0.3) is 0 Å². The Balaban J connectivity index is 1.88. The highest BCUT2D eigenvalue weighted by molar-refractivity contribution is 7.98. The number of hydrogen-bond acceptors (Lipinski definition) is 3. The number of likely N-dealkylation sites (N-methyl/N-ethyl adjacent to an activating group) is 1. The second-order valence-electron chi connectivity index (χ2n) is 5.73. The van der Waals surface area contributed by atoms with Gasteiger partial charge in [0, 0.05) is 4.90 Å². The van der Waals surface area contributed by atoms with Gasteiger partial charge in [-0.25, -0.2) is 0 Å². The molecule has 106 valence electrons. The molecule has 0 aliphatic carbocycles. The van der Waals surface area contributed by atoms with E-state index in [0.29, 0.717) is 0 Å². The minimum absolute atomic E-state index is 0.846. The van der Waals surface area contributed by atoms with Crippen molar-refractivity contribution in [3.63, 3.8) is 0 Å². The highest BCUT2D eigenvalue weighted by Gasteiger charge is 2.23. The van der Waals surface area contributed by atoms with Gasteiger partial charge in [-0.3, -0.25) is 0 Å². The molecule has 0 aromatic heterocycles. The molecule has 0 unspecified atom stereocenters. The standard InChI is InChI=1S/C15H26N3S/c1-18(9-4-3-5-10-18)11-8-17-15-12-13(19-2)6-7-14(15)16/h6-7,12,17H,3-5,8-11,16H2,1-2H3/q+1. The zero-order valence-electron chi connectivity index (χ0n) is 12.1. The van der Waals surface area contributed by atoms with Gasteiger partial charge < -0.3 is 15.5 Å². The van der Waals surface area contributed by atoms with Gasteiger partial charge in [0.25, 0.3) is 0 Å². The molecule has 1 saturated heterocycles. The average Bonchev–Trinajstić information content (AvgIpc) is 2.41. The molecule has 1 aliphatic heterocycles. The molecule has 3 nitrogen and oxygen atoms in total. The van der Waals surface area contributed by atoms with Crippen LogP contribution in [0.5, 0.6) is 0 Å². The number of rotatable bonds is 5. The van der Waals surface area contributed by atoms with E-state index < -0.39 is 0 Å². The number of hydrogen-bond donors (Lipinski definition) is 2. The third kappa shape index (κ3) is 4.05. The number of nitrogens with zero attached hydrogens (tertiary/aromatic N) is 1. The molecule has 19 heavy (non-hydrogen) atoms. The maximum absolute atomic E-state index is 6.02. The second kappa shape index (κ2) is 6.53. The van der Waals surface area contributed by atoms with Crippen LogP contribution in [0.3, 0.4) is 0 Å². The van der Waals surface area contributed by atoms with E-state index in [1.54, 1.807) is 11.8 Å². The first-order chi connectivity index (χ1) is 9.13. The lowest BCUT2D eigenvalue weighted by Crippen LogP contribution is -2.50. The van der Waals surface area contributed by atoms with Crippen LogP contribution in [-0.4, -0.2) is 44.0 Å². The highest BCUT2D eigenvalue weighted by Crippen LogP contribution is 2.25. The maximum Gasteiger partial charge on any atom is 0.0960 e. The fourth-order valence-electron chi connectivity index (χ4n) is 2.78. The van der Waals surface area contributed by atoms with Gasteiger partial charge in [-0.2, -0.15) is 0 Å². The van der Waals surface area contributed by atoms with Crippen LogP contribution in [0.2, 0.25) is 0 Å². The van der Waals surface area contributed by atoms with E-state index in [1.807, 2.05) is 6.07 Å². The summed E-state index contributed by atoms with van der Waals surface area (Å²) < 4.78 is 1.20. The molecule has 1 aliphatic rings. The topological polar surface area (TPSA) is 38.0 Å². The molecule has 4 heteroatoms. The zero-order chi connectivity index (χ0) is 13.7. The van der Waals surface area contributed by atoms with E-state index in [4.69, 9.17) is 5.73 Å². The predicted octanol–water partition coefficient (Wildman–Crippen LogP) is 3.03. The lowest BCUT2D eigenvalue weighted by atomic mass is 10.1. The first-order valence-electron chi connectivity index (χ1n) is 7.14. The summed E-state index contributed by atoms with van der Waals surface area (Å²) in [6.45, 7) is 4.82. The Bertz CT molecular complexity index is 414. The first kappa shape index (κ1) is 14.5. The van der Waals surface area contributed by atoms with Crippen molar-refractivity contribution in [1.82, 2.24) is 0 Å². The Hall–Kier alpha value is -0.870. The van der Waals surface area contributed by atoms with Crippen molar-refractivity contribution in [1.29, 1.82) is 0 Å². The lowest BCUT2D eigenvalue weighted by molar-refractivity contribution is -0.912. The van der Waals surface area contributed by atoms with Crippen LogP contribution in [0.1, 0.15) is 19.3 Å². The third-order valence-corrected chi connectivity index (χ3v) is 4.85. The second-order valence-corrected chi connectivity index (χ2v) is 6.61. The Kier molecular flexibility index (Phi) is 4.99. The van der Waals surface area contributed by atoms with Crippen LogP contribution in [0.4, 0.5) is 11.4 Å². The summed E-state index contributed by atoms with van der Waals surface area (Å²) in [7, 11) is 2.38. The maximum atomic E-state index is 6.02. The van der Waals surface area contributed by atoms with Crippen molar-refractivity contribution in [2.75, 3.05) is 50.5 Å². The number of nitrogens with two attached hydrogens (primary N) is 1. The van der Waals surface area contributed by atoms with Gasteiger partial charge >= 0.3 is 0 Å². The largest absolute Gasteiger partial charge is 0.397 e. The first-order valence-corrected chi connectivity index (χ1v) is 8.36. The van der Waals surface area contributed by atoms with Crippen LogP contribution in [-0.2, 0) is 0 Å². The molecular weight excluding hydrogens is 254 g/mol. The summed E-state index contributed by atoms with van der Waals surface area (Å²) >= 11 is 1.75. The lowest BCUT2D eigenvalue weighted by Gasteiger charge is -2.38. The fourth-order valence-corrected chi connectivity index (χ4v) is 3.22. The molecule has 3 N–H and O–H groups in total. The van der Waals surface area contributed by atoms with Gasteiger partial charge in [0.05, 0.1) is 44.6 Å². The number of nitrogens with one attached hydrogen (secondary N) is 1. The minimum Gasteiger partial charge on any atom is -0.397 e. The molecule has 2 rings (SSSR count). The van der Waals surface area contributed by atoms with E-state index in [1.165, 1.54) is 48.3 Å². The quantitative estimate of drug-likeness (QED) is 0.494. The Labute approximate surface area is 121 Å². The highest BCUT2D eigenvalue weighted by atomic mass is 32.2. The smallest absolute Gasteiger partial charge is 0.0960 e. The molecule has 0 bridgehead atoms. The molecule has 0 saturated carbocycles. The van der Waals surface area contributed by atoms with Crippen molar-refractivity contribution in [2.24, 2.45) is 0 Å². The van der Waals surface area contributed by atoms with Crippen molar-refractivity contribution in [3.8, 4) is 0 Å².